The topological polar surface area (TPSA) is 61.8 Å². The molecule has 7 heteroatoms. The Labute approximate surface area is 117 Å². The van der Waals surface area contributed by atoms with E-state index in [0.717, 1.165) is 0 Å². The molecular formula is C12H27O5P2+. The fraction of sp³-hybridized carbons (Fsp3) is 1.00. The lowest BCUT2D eigenvalue weighted by Crippen LogP contribution is -2.24. The van der Waals surface area contributed by atoms with E-state index in [2.05, 4.69) is 0 Å². The van der Waals surface area contributed by atoms with Gasteiger partial charge in [0.2, 0.25) is 0 Å². The second kappa shape index (κ2) is 5.91. The van der Waals surface area contributed by atoms with Crippen molar-refractivity contribution in [3.8, 4) is 0 Å². The highest BCUT2D eigenvalue weighted by atomic mass is 32.1. The Balaban J connectivity index is 5.29. The minimum absolute atomic E-state index is 0.689. The van der Waals surface area contributed by atoms with Gasteiger partial charge >= 0.3 is 15.0 Å². The Morgan fingerprint density at radius 3 is 1.26 bits per heavy atom. The minimum atomic E-state index is -3.86. The summed E-state index contributed by atoms with van der Waals surface area (Å²) in [5, 5.41) is 0. The third-order valence-corrected chi connectivity index (χ3v) is 5.93. The molecule has 5 nitrogen and oxygen atoms in total. The van der Waals surface area contributed by atoms with Crippen LogP contribution in [0.25, 0.3) is 0 Å². The molecule has 0 spiro atoms. The van der Waals surface area contributed by atoms with Crippen LogP contribution in [0.4, 0.5) is 0 Å². The van der Waals surface area contributed by atoms with Gasteiger partial charge in [0.05, 0.1) is 11.2 Å². The van der Waals surface area contributed by atoms with Crippen molar-refractivity contribution in [3.63, 3.8) is 0 Å². The van der Waals surface area contributed by atoms with Gasteiger partial charge in [-0.05, 0) is 66.9 Å². The molecule has 0 aromatic carbocycles. The standard InChI is InChI=1S/C12H27O5P2/c1-10(2,3)15-18(13)19(14,16-11(4,5)6)17-12(7,8)9/h1-9H3/q+1. The maximum absolute atomic E-state index is 12.8. The van der Waals surface area contributed by atoms with Gasteiger partial charge in [0.1, 0.15) is 5.60 Å². The van der Waals surface area contributed by atoms with Gasteiger partial charge < -0.3 is 0 Å². The molecule has 0 amide bonds. The summed E-state index contributed by atoms with van der Waals surface area (Å²) < 4.78 is 41.2. The quantitative estimate of drug-likeness (QED) is 0.660. The maximum Gasteiger partial charge on any atom is 0.623 e. The SMILES string of the molecule is CC(C)(C)O[P+](=O)P(=O)(OC(C)(C)C)OC(C)(C)C. The molecule has 0 aliphatic heterocycles. The highest BCUT2D eigenvalue weighted by Crippen LogP contribution is 2.74. The summed E-state index contributed by atoms with van der Waals surface area (Å²) >= 11 is 0. The van der Waals surface area contributed by atoms with E-state index in [1.54, 1.807) is 62.3 Å². The molecule has 0 N–H and O–H groups in total. The molecule has 0 radical (unpaired) electrons. The summed E-state index contributed by atoms with van der Waals surface area (Å²) in [6.45, 7) is 15.6. The summed E-state index contributed by atoms with van der Waals surface area (Å²) in [4.78, 5) is 0. The van der Waals surface area contributed by atoms with Crippen LogP contribution in [0.2, 0.25) is 0 Å². The Hall–Kier alpha value is 0.210. The van der Waals surface area contributed by atoms with Gasteiger partial charge in [-0.25, -0.2) is 4.57 Å². The lowest BCUT2D eigenvalue weighted by atomic mass is 10.2. The Morgan fingerprint density at radius 1 is 0.737 bits per heavy atom. The minimum Gasteiger partial charge on any atom is -0.263 e. The molecule has 114 valence electrons. The molecule has 0 aromatic rings. The maximum atomic E-state index is 12.8. The summed E-state index contributed by atoms with van der Waals surface area (Å²) in [5.41, 5.74) is -2.17. The largest absolute Gasteiger partial charge is 0.623 e. The lowest BCUT2D eigenvalue weighted by Gasteiger charge is -2.25. The van der Waals surface area contributed by atoms with Crippen LogP contribution in [0.15, 0.2) is 0 Å². The molecule has 0 heterocycles. The van der Waals surface area contributed by atoms with E-state index in [1.807, 2.05) is 0 Å². The van der Waals surface area contributed by atoms with Gasteiger partial charge in [0.15, 0.2) is 0 Å². The fourth-order valence-electron chi connectivity index (χ4n) is 1.06. The van der Waals surface area contributed by atoms with Gasteiger partial charge in [-0.3, -0.25) is 9.05 Å². The average molecular weight is 313 g/mol. The van der Waals surface area contributed by atoms with E-state index in [9.17, 15) is 9.13 Å². The molecule has 0 bridgehead atoms. The predicted molar refractivity (Wildman–Crippen MR) is 77.7 cm³/mol. The van der Waals surface area contributed by atoms with E-state index >= 15 is 0 Å². The van der Waals surface area contributed by atoms with Crippen molar-refractivity contribution in [1.82, 2.24) is 0 Å². The van der Waals surface area contributed by atoms with Crippen molar-refractivity contribution >= 4 is 15.0 Å². The van der Waals surface area contributed by atoms with Crippen LogP contribution in [0, 0.1) is 0 Å². The number of rotatable bonds is 4. The third kappa shape index (κ3) is 8.88. The molecule has 0 aliphatic rings. The van der Waals surface area contributed by atoms with Crippen LogP contribution in [0.3, 0.4) is 0 Å². The first-order valence-corrected chi connectivity index (χ1v) is 9.65. The second-order valence-corrected chi connectivity index (χ2v) is 11.7. The molecule has 19 heavy (non-hydrogen) atoms. The normalized spacial score (nSPS) is 15.5. The van der Waals surface area contributed by atoms with Gasteiger partial charge in [-0.1, -0.05) is 0 Å². The Kier molecular flexibility index (Phi) is 5.98. The number of hydrogen-bond donors (Lipinski definition) is 0. The van der Waals surface area contributed by atoms with E-state index in [1.165, 1.54) is 0 Å². The van der Waals surface area contributed by atoms with Crippen molar-refractivity contribution in [1.29, 1.82) is 0 Å². The Bertz CT molecular complexity index is 351. The first-order valence-electron chi connectivity index (χ1n) is 6.23. The van der Waals surface area contributed by atoms with Crippen LogP contribution < -0.4 is 0 Å². The Morgan fingerprint density at radius 2 is 1.05 bits per heavy atom. The molecule has 0 aliphatic carbocycles. The average Bonchev–Trinajstić information content (AvgIpc) is 1.91. The van der Waals surface area contributed by atoms with Gasteiger partial charge in [0.25, 0.3) is 0 Å². The van der Waals surface area contributed by atoms with Gasteiger partial charge in [0, 0.05) is 0 Å². The lowest BCUT2D eigenvalue weighted by molar-refractivity contribution is 0.0532. The van der Waals surface area contributed by atoms with E-state index in [-0.39, 0.29) is 0 Å². The third-order valence-electron chi connectivity index (χ3n) is 1.33. The van der Waals surface area contributed by atoms with Crippen molar-refractivity contribution in [3.05, 3.63) is 0 Å². The molecular weight excluding hydrogens is 286 g/mol. The summed E-state index contributed by atoms with van der Waals surface area (Å²) in [5.74, 6) is 0. The first kappa shape index (κ1) is 19.2. The van der Waals surface area contributed by atoms with Crippen LogP contribution in [-0.4, -0.2) is 16.8 Å². The first-order chi connectivity index (χ1) is 8.04. The highest BCUT2D eigenvalue weighted by Gasteiger charge is 2.57. The summed E-state index contributed by atoms with van der Waals surface area (Å²) in [6.07, 6.45) is 0. The van der Waals surface area contributed by atoms with Crippen LogP contribution in [0.1, 0.15) is 62.3 Å². The van der Waals surface area contributed by atoms with Crippen molar-refractivity contribution < 1.29 is 22.7 Å². The highest BCUT2D eigenvalue weighted by molar-refractivity contribution is 8.21. The monoisotopic (exact) mass is 313 g/mol. The van der Waals surface area contributed by atoms with Crippen LogP contribution in [-0.2, 0) is 22.7 Å². The summed E-state index contributed by atoms with van der Waals surface area (Å²) in [6, 6.07) is 0. The van der Waals surface area contributed by atoms with Gasteiger partial charge in [-0.2, -0.15) is 0 Å². The molecule has 0 fully saturated rings. The van der Waals surface area contributed by atoms with Crippen LogP contribution >= 0.6 is 15.0 Å². The molecule has 1 unspecified atom stereocenters. The molecule has 0 saturated heterocycles. The predicted octanol–water partition coefficient (Wildman–Crippen LogP) is 5.28. The fourth-order valence-corrected chi connectivity index (χ4v) is 6.09. The van der Waals surface area contributed by atoms with Crippen molar-refractivity contribution in [2.24, 2.45) is 0 Å². The smallest absolute Gasteiger partial charge is 0.263 e. The van der Waals surface area contributed by atoms with E-state index in [4.69, 9.17) is 13.6 Å². The zero-order chi connectivity index (χ0) is 15.7. The van der Waals surface area contributed by atoms with E-state index < -0.39 is 31.8 Å². The van der Waals surface area contributed by atoms with Crippen LogP contribution in [0.5, 0.6) is 0 Å². The zero-order valence-corrected chi connectivity index (χ0v) is 15.2. The molecule has 0 saturated carbocycles. The summed E-state index contributed by atoms with van der Waals surface area (Å²) in [7, 11) is -6.44. The van der Waals surface area contributed by atoms with Crippen molar-refractivity contribution in [2.45, 2.75) is 79.1 Å². The zero-order valence-electron chi connectivity index (χ0n) is 13.4. The van der Waals surface area contributed by atoms with Gasteiger partial charge in [-0.15, -0.1) is 4.52 Å². The second-order valence-electron chi connectivity index (χ2n) is 7.32. The molecule has 0 rings (SSSR count). The van der Waals surface area contributed by atoms with E-state index in [0.29, 0.717) is 0 Å². The van der Waals surface area contributed by atoms with Crippen molar-refractivity contribution in [2.75, 3.05) is 0 Å². The molecule has 0 aromatic heterocycles. The molecule has 1 atom stereocenters. The number of hydrogen-bond acceptors (Lipinski definition) is 5.